The van der Waals surface area contributed by atoms with Crippen LogP contribution in [0.2, 0.25) is 0 Å². The maximum absolute atomic E-state index is 12.0. The minimum absolute atomic E-state index is 0.204. The third-order valence-electron chi connectivity index (χ3n) is 3.24. The summed E-state index contributed by atoms with van der Waals surface area (Å²) in [6.45, 7) is -0.286. The summed E-state index contributed by atoms with van der Waals surface area (Å²) in [6, 6.07) is -0.204. The Balaban J connectivity index is 2.45. The molecule has 2 unspecified atom stereocenters. The van der Waals surface area contributed by atoms with Gasteiger partial charge < -0.3 is 10.6 Å². The van der Waals surface area contributed by atoms with E-state index in [2.05, 4.69) is 0 Å². The van der Waals surface area contributed by atoms with E-state index in [1.54, 1.807) is 0 Å². The average Bonchev–Trinajstić information content (AvgIpc) is 2.24. The molecule has 0 aromatic carbocycles. The summed E-state index contributed by atoms with van der Waals surface area (Å²) in [5.41, 5.74) is 5.83. The Morgan fingerprint density at radius 3 is 2.47 bits per heavy atom. The molecule has 3 nitrogen and oxygen atoms in total. The third-order valence-corrected chi connectivity index (χ3v) is 3.24. The van der Waals surface area contributed by atoms with Crippen LogP contribution in [0.4, 0.5) is 13.2 Å². The summed E-state index contributed by atoms with van der Waals surface area (Å²) in [5, 5.41) is 0. The van der Waals surface area contributed by atoms with Gasteiger partial charge in [-0.2, -0.15) is 13.2 Å². The average molecular weight is 252 g/mol. The molecule has 0 saturated heterocycles. The first kappa shape index (κ1) is 14.3. The van der Waals surface area contributed by atoms with Gasteiger partial charge in [0.15, 0.2) is 0 Å². The van der Waals surface area contributed by atoms with Gasteiger partial charge in [0.1, 0.15) is 0 Å². The maximum Gasteiger partial charge on any atom is 0.390 e. The highest BCUT2D eigenvalue weighted by atomic mass is 19.4. The number of hydrogen-bond acceptors (Lipinski definition) is 2. The van der Waals surface area contributed by atoms with Gasteiger partial charge in [0.25, 0.3) is 0 Å². The lowest BCUT2D eigenvalue weighted by Gasteiger charge is -2.31. The maximum atomic E-state index is 12.0. The van der Waals surface area contributed by atoms with Crippen molar-refractivity contribution in [2.45, 2.75) is 44.3 Å². The molecule has 0 aromatic rings. The van der Waals surface area contributed by atoms with E-state index in [-0.39, 0.29) is 24.4 Å². The fourth-order valence-electron chi connectivity index (χ4n) is 2.15. The normalized spacial score (nSPS) is 25.7. The summed E-state index contributed by atoms with van der Waals surface area (Å²) in [6.07, 6.45) is -1.78. The monoisotopic (exact) mass is 252 g/mol. The van der Waals surface area contributed by atoms with E-state index in [0.29, 0.717) is 6.42 Å². The first-order chi connectivity index (χ1) is 7.81. The van der Waals surface area contributed by atoms with E-state index in [1.807, 2.05) is 0 Å². The summed E-state index contributed by atoms with van der Waals surface area (Å²) >= 11 is 0. The van der Waals surface area contributed by atoms with E-state index < -0.39 is 12.6 Å². The van der Waals surface area contributed by atoms with Crippen LogP contribution < -0.4 is 5.73 Å². The van der Waals surface area contributed by atoms with E-state index in [9.17, 15) is 18.0 Å². The van der Waals surface area contributed by atoms with Crippen LogP contribution in [0.1, 0.15) is 32.1 Å². The molecule has 1 amide bonds. The summed E-state index contributed by atoms with van der Waals surface area (Å²) < 4.78 is 36.1. The first-order valence-electron chi connectivity index (χ1n) is 5.88. The molecule has 1 saturated carbocycles. The highest BCUT2D eigenvalue weighted by Gasteiger charge is 2.32. The van der Waals surface area contributed by atoms with Gasteiger partial charge in [-0.3, -0.25) is 4.79 Å². The van der Waals surface area contributed by atoms with Gasteiger partial charge >= 0.3 is 6.18 Å². The number of halogens is 3. The van der Waals surface area contributed by atoms with Crippen molar-refractivity contribution in [1.29, 1.82) is 0 Å². The number of nitrogens with zero attached hydrogens (tertiary/aromatic N) is 1. The second-order valence-electron chi connectivity index (χ2n) is 4.68. The summed E-state index contributed by atoms with van der Waals surface area (Å²) in [5.74, 6) is -0.552. The van der Waals surface area contributed by atoms with Crippen molar-refractivity contribution in [2.24, 2.45) is 11.7 Å². The molecule has 1 rings (SSSR count). The van der Waals surface area contributed by atoms with Gasteiger partial charge in [-0.25, -0.2) is 0 Å². The topological polar surface area (TPSA) is 46.3 Å². The quantitative estimate of drug-likeness (QED) is 0.834. The van der Waals surface area contributed by atoms with Crippen LogP contribution in [0.25, 0.3) is 0 Å². The molecule has 6 heteroatoms. The predicted molar refractivity (Wildman–Crippen MR) is 58.2 cm³/mol. The van der Waals surface area contributed by atoms with Crippen molar-refractivity contribution < 1.29 is 18.0 Å². The fourth-order valence-corrected chi connectivity index (χ4v) is 2.15. The number of carbonyl (C=O) groups excluding carboxylic acids is 1. The Morgan fingerprint density at radius 2 is 1.94 bits per heavy atom. The van der Waals surface area contributed by atoms with Crippen LogP contribution in [0, 0.1) is 5.92 Å². The van der Waals surface area contributed by atoms with E-state index in [1.165, 1.54) is 7.05 Å². The second-order valence-corrected chi connectivity index (χ2v) is 4.68. The Kier molecular flexibility index (Phi) is 4.80. The molecule has 1 aliphatic carbocycles. The molecule has 0 heterocycles. The first-order valence-corrected chi connectivity index (χ1v) is 5.88. The number of amides is 1. The predicted octanol–water partition coefficient (Wildman–Crippen LogP) is 1.91. The van der Waals surface area contributed by atoms with Gasteiger partial charge in [-0.1, -0.05) is 12.8 Å². The van der Waals surface area contributed by atoms with Crippen molar-refractivity contribution in [3.63, 3.8) is 0 Å². The zero-order valence-electron chi connectivity index (χ0n) is 9.96. The van der Waals surface area contributed by atoms with Gasteiger partial charge in [-0.15, -0.1) is 0 Å². The zero-order valence-corrected chi connectivity index (χ0v) is 9.96. The van der Waals surface area contributed by atoms with Crippen LogP contribution in [0.3, 0.4) is 0 Å². The third kappa shape index (κ3) is 4.53. The SMILES string of the molecule is CN(CCC(F)(F)F)C(=O)C1CCCCC1N. The van der Waals surface area contributed by atoms with Crippen LogP contribution in [0.5, 0.6) is 0 Å². The van der Waals surface area contributed by atoms with Crippen molar-refractivity contribution in [2.75, 3.05) is 13.6 Å². The van der Waals surface area contributed by atoms with Gasteiger partial charge in [-0.05, 0) is 12.8 Å². The number of hydrogen-bond donors (Lipinski definition) is 1. The molecule has 0 aromatic heterocycles. The molecule has 0 radical (unpaired) electrons. The van der Waals surface area contributed by atoms with Crippen LogP contribution >= 0.6 is 0 Å². The Labute approximate surface area is 99.1 Å². The van der Waals surface area contributed by atoms with Gasteiger partial charge in [0.05, 0.1) is 12.3 Å². The van der Waals surface area contributed by atoms with Crippen LogP contribution in [0.15, 0.2) is 0 Å². The summed E-state index contributed by atoms with van der Waals surface area (Å²) in [4.78, 5) is 13.1. The Bertz CT molecular complexity index is 268. The van der Waals surface area contributed by atoms with E-state index >= 15 is 0 Å². The van der Waals surface area contributed by atoms with Crippen molar-refractivity contribution in [3.8, 4) is 0 Å². The number of rotatable bonds is 3. The lowest BCUT2D eigenvalue weighted by atomic mass is 9.84. The highest BCUT2D eigenvalue weighted by molar-refractivity contribution is 5.79. The lowest BCUT2D eigenvalue weighted by molar-refractivity contribution is -0.146. The number of nitrogens with two attached hydrogens (primary N) is 1. The fraction of sp³-hybridized carbons (Fsp3) is 0.909. The molecule has 2 atom stereocenters. The standard InChI is InChI=1S/C11H19F3N2O/c1-16(7-6-11(12,13)14)10(17)8-4-2-3-5-9(8)15/h8-9H,2-7,15H2,1H3. The summed E-state index contributed by atoms with van der Waals surface area (Å²) in [7, 11) is 1.41. The minimum Gasteiger partial charge on any atom is -0.345 e. The van der Waals surface area contributed by atoms with Crippen molar-refractivity contribution in [1.82, 2.24) is 4.90 Å². The Hall–Kier alpha value is -0.780. The van der Waals surface area contributed by atoms with Crippen molar-refractivity contribution >= 4 is 5.91 Å². The lowest BCUT2D eigenvalue weighted by Crippen LogP contribution is -2.45. The number of carbonyl (C=O) groups is 1. The molecule has 2 N–H and O–H groups in total. The Morgan fingerprint density at radius 1 is 1.35 bits per heavy atom. The van der Waals surface area contributed by atoms with Gasteiger partial charge in [0.2, 0.25) is 5.91 Å². The van der Waals surface area contributed by atoms with E-state index in [4.69, 9.17) is 5.73 Å². The van der Waals surface area contributed by atoms with Crippen LogP contribution in [-0.2, 0) is 4.79 Å². The smallest absolute Gasteiger partial charge is 0.345 e. The van der Waals surface area contributed by atoms with E-state index in [0.717, 1.165) is 24.2 Å². The molecular weight excluding hydrogens is 233 g/mol. The highest BCUT2D eigenvalue weighted by Crippen LogP contribution is 2.25. The van der Waals surface area contributed by atoms with Crippen LogP contribution in [-0.4, -0.2) is 36.6 Å². The molecular formula is C11H19F3N2O. The molecule has 100 valence electrons. The zero-order chi connectivity index (χ0) is 13.1. The largest absolute Gasteiger partial charge is 0.390 e. The van der Waals surface area contributed by atoms with Gasteiger partial charge in [0, 0.05) is 19.6 Å². The minimum atomic E-state index is -4.22. The number of alkyl halides is 3. The molecule has 17 heavy (non-hydrogen) atoms. The molecule has 1 aliphatic rings. The molecule has 0 aliphatic heterocycles. The molecule has 1 fully saturated rings. The van der Waals surface area contributed by atoms with Crippen molar-refractivity contribution in [3.05, 3.63) is 0 Å². The molecule has 0 spiro atoms. The second kappa shape index (κ2) is 5.71. The molecule has 0 bridgehead atoms.